The average molecular weight is 335 g/mol. The van der Waals surface area contributed by atoms with Gasteiger partial charge in [0.1, 0.15) is 16.7 Å². The molecule has 1 aromatic carbocycles. The highest BCUT2D eigenvalue weighted by Gasteiger charge is 2.29. The van der Waals surface area contributed by atoms with Gasteiger partial charge in [-0.15, -0.1) is 4.72 Å². The second-order valence-corrected chi connectivity index (χ2v) is 7.69. The predicted molar refractivity (Wildman–Crippen MR) is 78.7 cm³/mol. The van der Waals surface area contributed by atoms with Crippen molar-refractivity contribution in [1.82, 2.24) is 4.72 Å². The number of nitrogens with two attached hydrogens (primary N) is 1. The Kier molecular flexibility index (Phi) is 5.48. The number of methoxy groups -OCH3 is 1. The number of benzene rings is 1. The summed E-state index contributed by atoms with van der Waals surface area (Å²) >= 11 is 2.17. The molecule has 0 radical (unpaired) electrons. The summed E-state index contributed by atoms with van der Waals surface area (Å²) in [4.78, 5) is 0. The number of nitrogens with one attached hydrogen (secondary N) is 1. The molecule has 1 rings (SSSR count). The molecule has 102 valence electrons. The standard InChI is InChI=1S/C12H19BrN2O2S/c1-12(2,3)18(16)15-11(14)8-6-5-7-9(13)10(8)17-4/h5-7,11,15H,14H2,1-4H3/t11-,18-/m0/s1. The van der Waals surface area contributed by atoms with Crippen LogP contribution in [0.15, 0.2) is 22.7 Å². The Bertz CT molecular complexity index is 410. The van der Waals surface area contributed by atoms with Crippen LogP contribution in [0.1, 0.15) is 32.5 Å². The van der Waals surface area contributed by atoms with Gasteiger partial charge < -0.3 is 15.0 Å². The van der Waals surface area contributed by atoms with E-state index in [0.29, 0.717) is 5.75 Å². The van der Waals surface area contributed by atoms with Gasteiger partial charge in [0.15, 0.2) is 0 Å². The maximum absolute atomic E-state index is 12.0. The maximum atomic E-state index is 12.0. The van der Waals surface area contributed by atoms with Crippen molar-refractivity contribution >= 4 is 27.3 Å². The molecule has 0 aliphatic carbocycles. The number of rotatable bonds is 4. The Morgan fingerprint density at radius 3 is 2.56 bits per heavy atom. The SMILES string of the molecule is COc1c(Br)cccc1[C@@H](N)N[S@@+]([O-])C(C)(C)C. The average Bonchev–Trinajstić information content (AvgIpc) is 2.27. The van der Waals surface area contributed by atoms with Crippen molar-refractivity contribution in [2.75, 3.05) is 7.11 Å². The lowest BCUT2D eigenvalue weighted by Crippen LogP contribution is -2.44. The van der Waals surface area contributed by atoms with Crippen molar-refractivity contribution < 1.29 is 9.29 Å². The maximum Gasteiger partial charge on any atom is 0.139 e. The topological polar surface area (TPSA) is 70.3 Å². The van der Waals surface area contributed by atoms with Crippen molar-refractivity contribution in [1.29, 1.82) is 0 Å². The molecule has 3 N–H and O–H groups in total. The highest BCUT2D eigenvalue weighted by Crippen LogP contribution is 2.31. The van der Waals surface area contributed by atoms with Gasteiger partial charge in [0.25, 0.3) is 0 Å². The van der Waals surface area contributed by atoms with Gasteiger partial charge in [-0.3, -0.25) is 0 Å². The zero-order valence-electron chi connectivity index (χ0n) is 11.0. The first-order valence-corrected chi connectivity index (χ1v) is 7.47. The van der Waals surface area contributed by atoms with Gasteiger partial charge >= 0.3 is 0 Å². The van der Waals surface area contributed by atoms with E-state index in [1.165, 1.54) is 0 Å². The van der Waals surface area contributed by atoms with Gasteiger partial charge in [-0.25, -0.2) is 0 Å². The van der Waals surface area contributed by atoms with Gasteiger partial charge in [-0.2, -0.15) is 0 Å². The monoisotopic (exact) mass is 334 g/mol. The second-order valence-electron chi connectivity index (χ2n) is 4.84. The van der Waals surface area contributed by atoms with Crippen LogP contribution in [0.5, 0.6) is 5.75 Å². The number of ether oxygens (including phenoxy) is 1. The summed E-state index contributed by atoms with van der Waals surface area (Å²) in [6, 6.07) is 5.58. The fraction of sp³-hybridized carbons (Fsp3) is 0.500. The van der Waals surface area contributed by atoms with E-state index >= 15 is 0 Å². The third-order valence-corrected chi connectivity index (χ3v) is 4.53. The van der Waals surface area contributed by atoms with Crippen LogP contribution >= 0.6 is 15.9 Å². The molecule has 2 atom stereocenters. The lowest BCUT2D eigenvalue weighted by Gasteiger charge is -2.27. The second kappa shape index (κ2) is 6.25. The minimum absolute atomic E-state index is 0.364. The van der Waals surface area contributed by atoms with E-state index < -0.39 is 17.5 Å². The fourth-order valence-electron chi connectivity index (χ4n) is 1.34. The summed E-state index contributed by atoms with van der Waals surface area (Å²) in [7, 11) is 1.58. The van der Waals surface area contributed by atoms with Crippen LogP contribution in [0.4, 0.5) is 0 Å². The van der Waals surface area contributed by atoms with E-state index in [1.807, 2.05) is 39.0 Å². The third kappa shape index (κ3) is 3.86. The minimum atomic E-state index is -1.23. The van der Waals surface area contributed by atoms with Crippen LogP contribution in [-0.4, -0.2) is 16.4 Å². The molecule has 18 heavy (non-hydrogen) atoms. The molecule has 0 spiro atoms. The Balaban J connectivity index is 2.91. The molecule has 0 aliphatic heterocycles. The van der Waals surface area contributed by atoms with Crippen LogP contribution < -0.4 is 15.2 Å². The Labute approximate surface area is 120 Å². The number of hydrogen-bond acceptors (Lipinski definition) is 4. The molecule has 0 unspecified atom stereocenters. The van der Waals surface area contributed by atoms with E-state index in [2.05, 4.69) is 20.7 Å². The number of para-hydroxylation sites is 1. The molecule has 0 fully saturated rings. The van der Waals surface area contributed by atoms with Crippen molar-refractivity contribution in [3.8, 4) is 5.75 Å². The largest absolute Gasteiger partial charge is 0.598 e. The molecule has 0 aromatic heterocycles. The molecular weight excluding hydrogens is 316 g/mol. The zero-order valence-corrected chi connectivity index (χ0v) is 13.4. The Morgan fingerprint density at radius 1 is 1.44 bits per heavy atom. The molecule has 0 saturated carbocycles. The van der Waals surface area contributed by atoms with Crippen molar-refractivity contribution in [3.05, 3.63) is 28.2 Å². The summed E-state index contributed by atoms with van der Waals surface area (Å²) in [6.07, 6.45) is -0.544. The molecule has 4 nitrogen and oxygen atoms in total. The van der Waals surface area contributed by atoms with Gasteiger partial charge in [0.05, 0.1) is 11.6 Å². The zero-order chi connectivity index (χ0) is 13.9. The van der Waals surface area contributed by atoms with E-state index in [9.17, 15) is 4.55 Å². The summed E-state index contributed by atoms with van der Waals surface area (Å²) in [5.74, 6) is 0.656. The molecule has 0 aliphatic rings. The molecule has 6 heteroatoms. The molecule has 0 amide bonds. The quantitative estimate of drug-likeness (QED) is 0.655. The number of halogens is 1. The smallest absolute Gasteiger partial charge is 0.139 e. The van der Waals surface area contributed by atoms with E-state index in [-0.39, 0.29) is 4.75 Å². The fourth-order valence-corrected chi connectivity index (χ4v) is 2.60. The first-order valence-electron chi connectivity index (χ1n) is 5.53. The Hall–Kier alpha value is -0.270. The highest BCUT2D eigenvalue weighted by molar-refractivity contribution is 9.10. The highest BCUT2D eigenvalue weighted by atomic mass is 79.9. The molecule has 0 heterocycles. The van der Waals surface area contributed by atoms with Crippen LogP contribution in [0.3, 0.4) is 0 Å². The van der Waals surface area contributed by atoms with Gasteiger partial charge in [-0.1, -0.05) is 12.1 Å². The van der Waals surface area contributed by atoms with E-state index in [0.717, 1.165) is 10.0 Å². The summed E-state index contributed by atoms with van der Waals surface area (Å²) in [6.45, 7) is 5.67. The molecule has 0 bridgehead atoms. The third-order valence-electron chi connectivity index (χ3n) is 2.33. The van der Waals surface area contributed by atoms with Crippen LogP contribution in [0, 0.1) is 0 Å². The lowest BCUT2D eigenvalue weighted by atomic mass is 10.1. The first kappa shape index (κ1) is 15.8. The normalized spacial score (nSPS) is 15.3. The number of hydrogen-bond donors (Lipinski definition) is 2. The summed E-state index contributed by atoms with van der Waals surface area (Å²) in [5.41, 5.74) is 6.80. The van der Waals surface area contributed by atoms with E-state index in [4.69, 9.17) is 10.5 Å². The van der Waals surface area contributed by atoms with Crippen LogP contribution in [0.2, 0.25) is 0 Å². The Morgan fingerprint density at radius 2 is 2.06 bits per heavy atom. The molecular formula is C12H19BrN2O2S. The van der Waals surface area contributed by atoms with Crippen molar-refractivity contribution in [2.45, 2.75) is 31.7 Å². The first-order chi connectivity index (χ1) is 8.27. The van der Waals surface area contributed by atoms with Gasteiger partial charge in [-0.05, 0) is 42.8 Å². The van der Waals surface area contributed by atoms with Gasteiger partial charge in [0, 0.05) is 16.9 Å². The predicted octanol–water partition coefficient (Wildman–Crippen LogP) is 2.47. The van der Waals surface area contributed by atoms with Gasteiger partial charge in [0.2, 0.25) is 0 Å². The van der Waals surface area contributed by atoms with Crippen molar-refractivity contribution in [2.24, 2.45) is 5.73 Å². The molecule has 1 aromatic rings. The van der Waals surface area contributed by atoms with Crippen LogP contribution in [-0.2, 0) is 11.4 Å². The minimum Gasteiger partial charge on any atom is -0.598 e. The molecule has 0 saturated heterocycles. The summed E-state index contributed by atoms with van der Waals surface area (Å²) < 4.78 is 20.6. The van der Waals surface area contributed by atoms with Crippen LogP contribution in [0.25, 0.3) is 0 Å². The summed E-state index contributed by atoms with van der Waals surface area (Å²) in [5, 5.41) is 0. The van der Waals surface area contributed by atoms with Crippen molar-refractivity contribution in [3.63, 3.8) is 0 Å². The lowest BCUT2D eigenvalue weighted by molar-refractivity contribution is 0.401. The van der Waals surface area contributed by atoms with E-state index in [1.54, 1.807) is 7.11 Å².